The van der Waals surface area contributed by atoms with Crippen LogP contribution in [-0.4, -0.2) is 37.3 Å². The Labute approximate surface area is 96.0 Å². The van der Waals surface area contributed by atoms with E-state index in [-0.39, 0.29) is 12.8 Å². The van der Waals surface area contributed by atoms with Crippen molar-refractivity contribution in [3.05, 3.63) is 30.3 Å². The molecule has 0 unspecified atom stereocenters. The van der Waals surface area contributed by atoms with Gasteiger partial charge in [0, 0.05) is 19.6 Å². The molecule has 2 nitrogen and oxygen atoms in total. The minimum Gasteiger partial charge on any atom is -0.489 e. The van der Waals surface area contributed by atoms with Gasteiger partial charge in [-0.1, -0.05) is 18.2 Å². The van der Waals surface area contributed by atoms with E-state index in [9.17, 15) is 4.39 Å². The van der Waals surface area contributed by atoms with Crippen LogP contribution in [0.2, 0.25) is 0 Å². The largest absolute Gasteiger partial charge is 0.489 e. The summed E-state index contributed by atoms with van der Waals surface area (Å²) >= 11 is 0. The molecule has 1 aromatic carbocycles. The lowest BCUT2D eigenvalue weighted by atomic mass is 10.3. The van der Waals surface area contributed by atoms with Crippen molar-refractivity contribution in [2.45, 2.75) is 18.9 Å². The first-order chi connectivity index (χ1) is 7.88. The van der Waals surface area contributed by atoms with E-state index >= 15 is 0 Å². The molecule has 88 valence electrons. The SMILES string of the molecule is FCCCN1CC[C@H](Oc2ccccc2)C1. The number of ether oxygens (including phenoxy) is 1. The molecule has 0 saturated carbocycles. The number of alkyl halides is 1. The Kier molecular flexibility index (Phi) is 4.17. The molecule has 1 heterocycles. The van der Waals surface area contributed by atoms with Gasteiger partial charge in [0.05, 0.1) is 6.67 Å². The van der Waals surface area contributed by atoms with Crippen molar-refractivity contribution in [2.24, 2.45) is 0 Å². The molecule has 2 rings (SSSR count). The van der Waals surface area contributed by atoms with Crippen molar-refractivity contribution < 1.29 is 9.13 Å². The van der Waals surface area contributed by atoms with Gasteiger partial charge >= 0.3 is 0 Å². The van der Waals surface area contributed by atoms with E-state index < -0.39 is 0 Å². The molecular formula is C13H18FNO. The van der Waals surface area contributed by atoms with Gasteiger partial charge in [0.15, 0.2) is 0 Å². The number of likely N-dealkylation sites (tertiary alicyclic amines) is 1. The summed E-state index contributed by atoms with van der Waals surface area (Å²) in [5.41, 5.74) is 0. The summed E-state index contributed by atoms with van der Waals surface area (Å²) in [5.74, 6) is 0.930. The second kappa shape index (κ2) is 5.85. The standard InChI is InChI=1S/C13H18FNO/c14-8-4-9-15-10-7-13(11-15)16-12-5-2-1-3-6-12/h1-3,5-6,13H,4,7-11H2/t13-/m0/s1. The van der Waals surface area contributed by atoms with Crippen LogP contribution in [0.15, 0.2) is 30.3 Å². The molecule has 0 aromatic heterocycles. The predicted octanol–water partition coefficient (Wildman–Crippen LogP) is 2.50. The van der Waals surface area contributed by atoms with Crippen molar-refractivity contribution >= 4 is 0 Å². The van der Waals surface area contributed by atoms with Gasteiger partial charge in [-0.15, -0.1) is 0 Å². The Morgan fingerprint density at radius 1 is 1.31 bits per heavy atom. The van der Waals surface area contributed by atoms with Crippen LogP contribution in [0.5, 0.6) is 5.75 Å². The topological polar surface area (TPSA) is 12.5 Å². The highest BCUT2D eigenvalue weighted by atomic mass is 19.1. The summed E-state index contributed by atoms with van der Waals surface area (Å²) in [6.07, 6.45) is 1.95. The first-order valence-corrected chi connectivity index (χ1v) is 5.88. The third-order valence-electron chi connectivity index (χ3n) is 2.88. The minimum atomic E-state index is -0.222. The average molecular weight is 223 g/mol. The number of hydrogen-bond acceptors (Lipinski definition) is 2. The van der Waals surface area contributed by atoms with Gasteiger partial charge in [-0.3, -0.25) is 9.29 Å². The van der Waals surface area contributed by atoms with Gasteiger partial charge < -0.3 is 4.74 Å². The van der Waals surface area contributed by atoms with E-state index in [0.29, 0.717) is 6.42 Å². The minimum absolute atomic E-state index is 0.222. The van der Waals surface area contributed by atoms with Gasteiger partial charge in [0.25, 0.3) is 0 Å². The van der Waals surface area contributed by atoms with E-state index in [0.717, 1.165) is 31.8 Å². The number of halogens is 1. The Bertz CT molecular complexity index is 304. The zero-order chi connectivity index (χ0) is 11.2. The Balaban J connectivity index is 1.76. The highest BCUT2D eigenvalue weighted by Crippen LogP contribution is 2.17. The van der Waals surface area contributed by atoms with Crippen molar-refractivity contribution in [1.29, 1.82) is 0 Å². The van der Waals surface area contributed by atoms with Gasteiger partial charge in [0.1, 0.15) is 11.9 Å². The average Bonchev–Trinajstić information content (AvgIpc) is 2.75. The molecule has 0 aliphatic carbocycles. The molecule has 0 radical (unpaired) electrons. The van der Waals surface area contributed by atoms with Crippen LogP contribution in [0.25, 0.3) is 0 Å². The lowest BCUT2D eigenvalue weighted by Crippen LogP contribution is -2.26. The number of nitrogens with zero attached hydrogens (tertiary/aromatic N) is 1. The Morgan fingerprint density at radius 2 is 2.12 bits per heavy atom. The highest BCUT2D eigenvalue weighted by Gasteiger charge is 2.23. The quantitative estimate of drug-likeness (QED) is 0.760. The van der Waals surface area contributed by atoms with E-state index in [2.05, 4.69) is 4.90 Å². The Hall–Kier alpha value is -1.09. The molecule has 1 aromatic rings. The molecule has 0 amide bonds. The normalized spacial score (nSPS) is 21.2. The molecule has 0 N–H and O–H groups in total. The summed E-state index contributed by atoms with van der Waals surface area (Å²) < 4.78 is 17.9. The molecule has 16 heavy (non-hydrogen) atoms. The van der Waals surface area contributed by atoms with E-state index in [1.165, 1.54) is 0 Å². The first-order valence-electron chi connectivity index (χ1n) is 5.88. The van der Waals surface area contributed by atoms with Crippen molar-refractivity contribution in [3.8, 4) is 5.75 Å². The van der Waals surface area contributed by atoms with Gasteiger partial charge in [-0.2, -0.15) is 0 Å². The molecule has 1 atom stereocenters. The molecule has 1 aliphatic heterocycles. The molecule has 0 bridgehead atoms. The van der Waals surface area contributed by atoms with Gasteiger partial charge in [0.2, 0.25) is 0 Å². The molecule has 3 heteroatoms. The smallest absolute Gasteiger partial charge is 0.119 e. The van der Waals surface area contributed by atoms with Crippen molar-refractivity contribution in [3.63, 3.8) is 0 Å². The molecular weight excluding hydrogens is 205 g/mol. The van der Waals surface area contributed by atoms with Crippen LogP contribution >= 0.6 is 0 Å². The predicted molar refractivity (Wildman–Crippen MR) is 62.5 cm³/mol. The first kappa shape index (κ1) is 11.4. The zero-order valence-corrected chi connectivity index (χ0v) is 9.44. The second-order valence-electron chi connectivity index (χ2n) is 4.18. The fraction of sp³-hybridized carbons (Fsp3) is 0.538. The van der Waals surface area contributed by atoms with Gasteiger partial charge in [-0.25, -0.2) is 0 Å². The van der Waals surface area contributed by atoms with E-state index in [4.69, 9.17) is 4.74 Å². The van der Waals surface area contributed by atoms with E-state index in [1.807, 2.05) is 30.3 Å². The summed E-state index contributed by atoms with van der Waals surface area (Å²) in [6.45, 7) is 2.58. The maximum absolute atomic E-state index is 12.0. The molecule has 1 aliphatic rings. The van der Waals surface area contributed by atoms with Crippen LogP contribution in [-0.2, 0) is 0 Å². The Morgan fingerprint density at radius 3 is 2.88 bits per heavy atom. The summed E-state index contributed by atoms with van der Waals surface area (Å²) in [7, 11) is 0. The molecule has 0 spiro atoms. The zero-order valence-electron chi connectivity index (χ0n) is 9.44. The van der Waals surface area contributed by atoms with Crippen LogP contribution in [0.1, 0.15) is 12.8 Å². The maximum atomic E-state index is 12.0. The summed E-state index contributed by atoms with van der Waals surface area (Å²) in [4.78, 5) is 2.27. The third-order valence-corrected chi connectivity index (χ3v) is 2.88. The monoisotopic (exact) mass is 223 g/mol. The lowest BCUT2D eigenvalue weighted by molar-refractivity contribution is 0.198. The van der Waals surface area contributed by atoms with E-state index in [1.54, 1.807) is 0 Å². The number of rotatable bonds is 5. The van der Waals surface area contributed by atoms with Crippen LogP contribution in [0.3, 0.4) is 0 Å². The van der Waals surface area contributed by atoms with Crippen molar-refractivity contribution in [2.75, 3.05) is 26.3 Å². The lowest BCUT2D eigenvalue weighted by Gasteiger charge is -2.16. The fourth-order valence-electron chi connectivity index (χ4n) is 2.07. The fourth-order valence-corrected chi connectivity index (χ4v) is 2.07. The van der Waals surface area contributed by atoms with Crippen LogP contribution < -0.4 is 4.74 Å². The maximum Gasteiger partial charge on any atom is 0.119 e. The summed E-state index contributed by atoms with van der Waals surface area (Å²) in [6, 6.07) is 9.89. The van der Waals surface area contributed by atoms with Crippen molar-refractivity contribution in [1.82, 2.24) is 4.90 Å². The number of hydrogen-bond donors (Lipinski definition) is 0. The third kappa shape index (κ3) is 3.20. The molecule has 1 saturated heterocycles. The molecule has 1 fully saturated rings. The number of para-hydroxylation sites is 1. The number of benzene rings is 1. The second-order valence-corrected chi connectivity index (χ2v) is 4.18. The van der Waals surface area contributed by atoms with Gasteiger partial charge in [-0.05, 0) is 25.0 Å². The van der Waals surface area contributed by atoms with Crippen LogP contribution in [0, 0.1) is 0 Å². The van der Waals surface area contributed by atoms with Crippen LogP contribution in [0.4, 0.5) is 4.39 Å². The summed E-state index contributed by atoms with van der Waals surface area (Å²) in [5, 5.41) is 0. The highest BCUT2D eigenvalue weighted by molar-refractivity contribution is 5.21.